The van der Waals surface area contributed by atoms with Crippen molar-refractivity contribution in [2.75, 3.05) is 0 Å². The van der Waals surface area contributed by atoms with Crippen LogP contribution in [0, 0.1) is 0 Å². The molecule has 83 valence electrons. The second-order valence-electron chi connectivity index (χ2n) is 3.57. The van der Waals surface area contributed by atoms with Crippen LogP contribution in [-0.4, -0.2) is 17.9 Å². The third-order valence-corrected chi connectivity index (χ3v) is 2.24. The Bertz CT molecular complexity index is 126. The molecule has 0 aromatic rings. The molecule has 1 unspecified atom stereocenters. The summed E-state index contributed by atoms with van der Waals surface area (Å²) >= 11 is 0. The minimum atomic E-state index is -0.955. The molecule has 0 amide bonds. The van der Waals surface area contributed by atoms with Crippen LogP contribution >= 0.6 is 0 Å². The molecule has 1 atom stereocenters. The van der Waals surface area contributed by atoms with Gasteiger partial charge < -0.3 is 9.84 Å². The molecule has 0 spiro atoms. The van der Waals surface area contributed by atoms with Crippen molar-refractivity contribution in [3.63, 3.8) is 0 Å². The lowest BCUT2D eigenvalue weighted by Crippen LogP contribution is -2.09. The molecule has 0 saturated carbocycles. The number of rotatable bonds is 10. The molecule has 0 saturated heterocycles. The molecule has 14 heavy (non-hydrogen) atoms. The highest BCUT2D eigenvalue weighted by Gasteiger charge is 2.02. The fourth-order valence-electron chi connectivity index (χ4n) is 1.39. The Labute approximate surface area is 86.5 Å². The Balaban J connectivity index is 3.01. The van der Waals surface area contributed by atoms with Crippen LogP contribution in [0.4, 0.5) is 0 Å². The molecule has 0 fully saturated rings. The van der Waals surface area contributed by atoms with Gasteiger partial charge in [-0.05, 0) is 6.42 Å². The largest absolute Gasteiger partial charge is 0.428 e. The molecule has 0 rings (SSSR count). The Hall–Kier alpha value is -0.570. The van der Waals surface area contributed by atoms with Crippen molar-refractivity contribution in [2.24, 2.45) is 0 Å². The quantitative estimate of drug-likeness (QED) is 0.436. The van der Waals surface area contributed by atoms with Gasteiger partial charge in [-0.2, -0.15) is 0 Å². The summed E-state index contributed by atoms with van der Waals surface area (Å²) in [5, 5.41) is 9.01. The van der Waals surface area contributed by atoms with Crippen LogP contribution < -0.4 is 0 Å². The van der Waals surface area contributed by atoms with E-state index in [2.05, 4.69) is 11.7 Å². The topological polar surface area (TPSA) is 46.5 Å². The molecule has 3 nitrogen and oxygen atoms in total. The highest BCUT2D eigenvalue weighted by molar-refractivity contribution is 5.38. The van der Waals surface area contributed by atoms with Gasteiger partial charge in [0.1, 0.15) is 0 Å². The van der Waals surface area contributed by atoms with E-state index in [-0.39, 0.29) is 0 Å². The minimum absolute atomic E-state index is 0.531. The molecule has 0 aliphatic rings. The summed E-state index contributed by atoms with van der Waals surface area (Å²) in [5.41, 5.74) is 0. The summed E-state index contributed by atoms with van der Waals surface area (Å²) in [5.74, 6) is 0. The standard InChI is InChI=1S/C11H21O3/c1-2-3-4-5-6-7-8-9-11(13)14-10-12/h11,13H,2-9H2,1H3. The van der Waals surface area contributed by atoms with E-state index in [1.165, 1.54) is 38.6 Å². The van der Waals surface area contributed by atoms with Crippen LogP contribution in [-0.2, 0) is 9.53 Å². The van der Waals surface area contributed by atoms with Crippen molar-refractivity contribution < 1.29 is 14.6 Å². The van der Waals surface area contributed by atoms with E-state index in [4.69, 9.17) is 5.11 Å². The van der Waals surface area contributed by atoms with Gasteiger partial charge in [-0.25, -0.2) is 4.79 Å². The van der Waals surface area contributed by atoms with Gasteiger partial charge in [-0.15, -0.1) is 0 Å². The number of carbonyl (C=O) groups excluding carboxylic acids is 1. The smallest absolute Gasteiger partial charge is 0.419 e. The molecular weight excluding hydrogens is 180 g/mol. The number of ether oxygens (including phenoxy) is 1. The predicted octanol–water partition coefficient (Wildman–Crippen LogP) is 2.53. The van der Waals surface area contributed by atoms with Crippen LogP contribution in [0.3, 0.4) is 0 Å². The lowest BCUT2D eigenvalue weighted by molar-refractivity contribution is -0.0361. The first-order valence-electron chi connectivity index (χ1n) is 5.52. The van der Waals surface area contributed by atoms with Gasteiger partial charge in [0.15, 0.2) is 0 Å². The van der Waals surface area contributed by atoms with Crippen LogP contribution in [0.1, 0.15) is 58.3 Å². The summed E-state index contributed by atoms with van der Waals surface area (Å²) in [4.78, 5) is 9.72. The molecule has 0 heterocycles. The third kappa shape index (κ3) is 9.52. The van der Waals surface area contributed by atoms with E-state index >= 15 is 0 Å². The van der Waals surface area contributed by atoms with Gasteiger partial charge >= 0.3 is 6.47 Å². The molecule has 0 aliphatic heterocycles. The molecular formula is C11H21O3. The molecule has 1 radical (unpaired) electrons. The van der Waals surface area contributed by atoms with E-state index in [9.17, 15) is 4.79 Å². The number of unbranched alkanes of at least 4 members (excludes halogenated alkanes) is 6. The lowest BCUT2D eigenvalue weighted by atomic mass is 10.1. The SMILES string of the molecule is CCCCCCCCCC(O)O[C]=O. The molecule has 0 aliphatic carbocycles. The van der Waals surface area contributed by atoms with Gasteiger partial charge in [0.25, 0.3) is 0 Å². The average Bonchev–Trinajstić information content (AvgIpc) is 2.17. The minimum Gasteiger partial charge on any atom is -0.428 e. The van der Waals surface area contributed by atoms with E-state index in [0.717, 1.165) is 12.8 Å². The Morgan fingerprint density at radius 2 is 1.71 bits per heavy atom. The zero-order valence-corrected chi connectivity index (χ0v) is 9.00. The highest BCUT2D eigenvalue weighted by atomic mass is 16.6. The van der Waals surface area contributed by atoms with E-state index in [1.54, 1.807) is 0 Å². The van der Waals surface area contributed by atoms with Crippen molar-refractivity contribution in [1.29, 1.82) is 0 Å². The summed E-state index contributed by atoms with van der Waals surface area (Å²) in [6.45, 7) is 3.43. The summed E-state index contributed by atoms with van der Waals surface area (Å²) in [6.07, 6.45) is 7.94. The second-order valence-corrected chi connectivity index (χ2v) is 3.57. The number of aliphatic hydroxyl groups is 1. The normalized spacial score (nSPS) is 12.4. The predicted molar refractivity (Wildman–Crippen MR) is 55.4 cm³/mol. The maximum Gasteiger partial charge on any atom is 0.419 e. The van der Waals surface area contributed by atoms with Crippen LogP contribution in [0.5, 0.6) is 0 Å². The first kappa shape index (κ1) is 13.4. The zero-order chi connectivity index (χ0) is 10.6. The molecule has 3 heteroatoms. The van der Waals surface area contributed by atoms with Crippen molar-refractivity contribution in [3.05, 3.63) is 0 Å². The van der Waals surface area contributed by atoms with E-state index in [1.807, 2.05) is 0 Å². The fraction of sp³-hybridized carbons (Fsp3) is 0.909. The van der Waals surface area contributed by atoms with Crippen LogP contribution in [0.2, 0.25) is 0 Å². The zero-order valence-electron chi connectivity index (χ0n) is 9.00. The number of hydrogen-bond donors (Lipinski definition) is 1. The van der Waals surface area contributed by atoms with Gasteiger partial charge in [-0.1, -0.05) is 45.4 Å². The van der Waals surface area contributed by atoms with Gasteiger partial charge in [0, 0.05) is 6.42 Å². The van der Waals surface area contributed by atoms with Gasteiger partial charge in [-0.3, -0.25) is 0 Å². The van der Waals surface area contributed by atoms with Gasteiger partial charge in [0.05, 0.1) is 0 Å². The number of hydrogen-bond acceptors (Lipinski definition) is 3. The van der Waals surface area contributed by atoms with Crippen molar-refractivity contribution in [1.82, 2.24) is 0 Å². The Kier molecular flexibility index (Phi) is 10.1. The third-order valence-electron chi connectivity index (χ3n) is 2.24. The van der Waals surface area contributed by atoms with Gasteiger partial charge in [0.2, 0.25) is 6.29 Å². The summed E-state index contributed by atoms with van der Waals surface area (Å²) in [7, 11) is 0. The highest BCUT2D eigenvalue weighted by Crippen LogP contribution is 2.09. The van der Waals surface area contributed by atoms with Crippen LogP contribution in [0.15, 0.2) is 0 Å². The van der Waals surface area contributed by atoms with Crippen molar-refractivity contribution in [3.8, 4) is 0 Å². The second kappa shape index (κ2) is 10.5. The first-order valence-corrected chi connectivity index (χ1v) is 5.52. The average molecular weight is 201 g/mol. The lowest BCUT2D eigenvalue weighted by Gasteiger charge is -2.06. The number of aliphatic hydroxyl groups excluding tert-OH is 1. The summed E-state index contributed by atoms with van der Waals surface area (Å²) in [6, 6.07) is 0. The maximum absolute atomic E-state index is 9.72. The molecule has 1 N–H and O–H groups in total. The van der Waals surface area contributed by atoms with Crippen molar-refractivity contribution in [2.45, 2.75) is 64.6 Å². The molecule has 0 bridgehead atoms. The van der Waals surface area contributed by atoms with Crippen LogP contribution in [0.25, 0.3) is 0 Å². The monoisotopic (exact) mass is 201 g/mol. The Morgan fingerprint density at radius 1 is 1.14 bits per heavy atom. The van der Waals surface area contributed by atoms with E-state index in [0.29, 0.717) is 6.42 Å². The molecule has 0 aromatic heterocycles. The fourth-order valence-corrected chi connectivity index (χ4v) is 1.39. The first-order chi connectivity index (χ1) is 6.81. The van der Waals surface area contributed by atoms with E-state index < -0.39 is 6.29 Å². The van der Waals surface area contributed by atoms with Crippen molar-refractivity contribution >= 4 is 6.47 Å². The maximum atomic E-state index is 9.72. The molecule has 0 aromatic carbocycles. The summed E-state index contributed by atoms with van der Waals surface area (Å²) < 4.78 is 4.24. The Morgan fingerprint density at radius 3 is 2.29 bits per heavy atom.